The monoisotopic (exact) mass is 234 g/mol. The summed E-state index contributed by atoms with van der Waals surface area (Å²) in [6, 6.07) is 5.57. The van der Waals surface area contributed by atoms with Gasteiger partial charge in [-0.3, -0.25) is 4.79 Å². The van der Waals surface area contributed by atoms with Crippen LogP contribution in [0.4, 0.5) is 5.69 Å². The molecule has 3 nitrogen and oxygen atoms in total. The summed E-state index contributed by atoms with van der Waals surface area (Å²) >= 11 is 0. The molecule has 0 aliphatic carbocycles. The summed E-state index contributed by atoms with van der Waals surface area (Å²) in [6.07, 6.45) is 3.36. The van der Waals surface area contributed by atoms with E-state index in [9.17, 15) is 4.79 Å². The van der Waals surface area contributed by atoms with Gasteiger partial charge >= 0.3 is 0 Å². The lowest BCUT2D eigenvalue weighted by Crippen LogP contribution is -2.28. The number of amides is 1. The van der Waals surface area contributed by atoms with E-state index in [0.29, 0.717) is 11.3 Å². The topological polar surface area (TPSA) is 46.3 Å². The van der Waals surface area contributed by atoms with Gasteiger partial charge in [-0.1, -0.05) is 31.4 Å². The van der Waals surface area contributed by atoms with E-state index in [4.69, 9.17) is 5.73 Å². The number of anilines is 1. The molecule has 0 aromatic heterocycles. The summed E-state index contributed by atoms with van der Waals surface area (Å²) in [7, 11) is 1.83. The zero-order chi connectivity index (χ0) is 12.8. The molecule has 3 heteroatoms. The molecule has 0 spiro atoms. The van der Waals surface area contributed by atoms with Gasteiger partial charge in [-0.15, -0.1) is 0 Å². The van der Waals surface area contributed by atoms with Crippen LogP contribution in [0.25, 0.3) is 0 Å². The number of rotatable bonds is 5. The smallest absolute Gasteiger partial charge is 0.255 e. The van der Waals surface area contributed by atoms with Gasteiger partial charge in [0, 0.05) is 19.3 Å². The number of carbonyl (C=O) groups is 1. The second-order valence-corrected chi connectivity index (χ2v) is 4.52. The molecule has 2 N–H and O–H groups in total. The Hall–Kier alpha value is -1.51. The highest BCUT2D eigenvalue weighted by Crippen LogP contribution is 2.15. The van der Waals surface area contributed by atoms with Gasteiger partial charge in [-0.05, 0) is 25.5 Å². The molecule has 0 radical (unpaired) electrons. The number of hydrogen-bond acceptors (Lipinski definition) is 2. The molecule has 0 unspecified atom stereocenters. The normalized spacial score (nSPS) is 10.3. The molecule has 0 aliphatic heterocycles. The Bertz CT molecular complexity index is 388. The Kier molecular flexibility index (Phi) is 5.01. The SMILES string of the molecule is CCCCCN(C)C(=O)c1cc(C)ccc1N. The highest BCUT2D eigenvalue weighted by atomic mass is 16.2. The Morgan fingerprint density at radius 2 is 2.06 bits per heavy atom. The van der Waals surface area contributed by atoms with Crippen LogP contribution < -0.4 is 5.73 Å². The van der Waals surface area contributed by atoms with Crippen LogP contribution in [0.1, 0.15) is 42.1 Å². The van der Waals surface area contributed by atoms with Crippen molar-refractivity contribution < 1.29 is 4.79 Å². The van der Waals surface area contributed by atoms with Crippen LogP contribution in [0.2, 0.25) is 0 Å². The first-order chi connectivity index (χ1) is 8.06. The maximum atomic E-state index is 12.2. The standard InChI is InChI=1S/C14H22N2O/c1-4-5-6-9-16(3)14(17)12-10-11(2)7-8-13(12)15/h7-8,10H,4-6,9,15H2,1-3H3. The second-order valence-electron chi connectivity index (χ2n) is 4.52. The molecule has 94 valence electrons. The highest BCUT2D eigenvalue weighted by Gasteiger charge is 2.14. The number of unbranched alkanes of at least 4 members (excludes halogenated alkanes) is 2. The maximum absolute atomic E-state index is 12.2. The summed E-state index contributed by atoms with van der Waals surface area (Å²) in [5, 5.41) is 0. The van der Waals surface area contributed by atoms with Crippen LogP contribution in [0.15, 0.2) is 18.2 Å². The van der Waals surface area contributed by atoms with Gasteiger partial charge in [0.25, 0.3) is 5.91 Å². The fourth-order valence-electron chi connectivity index (χ4n) is 1.76. The van der Waals surface area contributed by atoms with Crippen LogP contribution in [0, 0.1) is 6.92 Å². The Labute approximate surface area is 104 Å². The average Bonchev–Trinajstić information content (AvgIpc) is 2.31. The van der Waals surface area contributed by atoms with E-state index in [1.54, 1.807) is 11.0 Å². The molecule has 0 saturated heterocycles. The molecule has 1 amide bonds. The van der Waals surface area contributed by atoms with Gasteiger partial charge in [-0.2, -0.15) is 0 Å². The molecule has 1 rings (SSSR count). The van der Waals surface area contributed by atoms with Gasteiger partial charge < -0.3 is 10.6 Å². The zero-order valence-corrected chi connectivity index (χ0v) is 11.0. The second kappa shape index (κ2) is 6.28. The minimum Gasteiger partial charge on any atom is -0.398 e. The van der Waals surface area contributed by atoms with Crippen molar-refractivity contribution >= 4 is 11.6 Å². The molecular weight excluding hydrogens is 212 g/mol. The lowest BCUT2D eigenvalue weighted by Gasteiger charge is -2.18. The average molecular weight is 234 g/mol. The molecule has 0 bridgehead atoms. The molecule has 0 atom stereocenters. The summed E-state index contributed by atoms with van der Waals surface area (Å²) < 4.78 is 0. The zero-order valence-electron chi connectivity index (χ0n) is 11.0. The fraction of sp³-hybridized carbons (Fsp3) is 0.500. The minimum atomic E-state index is 0.0160. The third-order valence-corrected chi connectivity index (χ3v) is 2.88. The van der Waals surface area contributed by atoms with Crippen molar-refractivity contribution in [2.75, 3.05) is 19.3 Å². The fourth-order valence-corrected chi connectivity index (χ4v) is 1.76. The van der Waals surface area contributed by atoms with Gasteiger partial charge in [0.2, 0.25) is 0 Å². The van der Waals surface area contributed by atoms with Crippen LogP contribution in [0.5, 0.6) is 0 Å². The van der Waals surface area contributed by atoms with Gasteiger partial charge in [0.05, 0.1) is 5.56 Å². The Balaban J connectivity index is 2.71. The predicted octanol–water partition coefficient (Wildman–Crippen LogP) is 2.84. The number of aryl methyl sites for hydroxylation is 1. The first-order valence-corrected chi connectivity index (χ1v) is 6.17. The Morgan fingerprint density at radius 1 is 1.35 bits per heavy atom. The number of nitrogens with zero attached hydrogens (tertiary/aromatic N) is 1. The highest BCUT2D eigenvalue weighted by molar-refractivity contribution is 5.99. The molecule has 17 heavy (non-hydrogen) atoms. The van der Waals surface area contributed by atoms with Gasteiger partial charge in [0.1, 0.15) is 0 Å². The molecular formula is C14H22N2O. The van der Waals surface area contributed by atoms with E-state index in [2.05, 4.69) is 6.92 Å². The molecule has 1 aromatic rings. The van der Waals surface area contributed by atoms with Crippen LogP contribution >= 0.6 is 0 Å². The summed E-state index contributed by atoms with van der Waals surface area (Å²) in [5.74, 6) is 0.0160. The van der Waals surface area contributed by atoms with Crippen LogP contribution in [-0.2, 0) is 0 Å². The predicted molar refractivity (Wildman–Crippen MR) is 72.1 cm³/mol. The summed E-state index contributed by atoms with van der Waals surface area (Å²) in [5.41, 5.74) is 8.07. The number of benzene rings is 1. The van der Waals surface area contributed by atoms with Crippen molar-refractivity contribution in [2.24, 2.45) is 0 Å². The van der Waals surface area contributed by atoms with Crippen molar-refractivity contribution in [1.29, 1.82) is 0 Å². The third kappa shape index (κ3) is 3.77. The maximum Gasteiger partial charge on any atom is 0.255 e. The first-order valence-electron chi connectivity index (χ1n) is 6.17. The number of carbonyl (C=O) groups excluding carboxylic acids is 1. The summed E-state index contributed by atoms with van der Waals surface area (Å²) in [6.45, 7) is 4.91. The summed E-state index contributed by atoms with van der Waals surface area (Å²) in [4.78, 5) is 13.9. The molecule has 0 saturated carbocycles. The van der Waals surface area contributed by atoms with E-state index < -0.39 is 0 Å². The molecule has 0 fully saturated rings. The number of nitrogen functional groups attached to an aromatic ring is 1. The minimum absolute atomic E-state index is 0.0160. The van der Waals surface area contributed by atoms with Crippen molar-refractivity contribution in [3.8, 4) is 0 Å². The van der Waals surface area contributed by atoms with Gasteiger partial charge in [-0.25, -0.2) is 0 Å². The largest absolute Gasteiger partial charge is 0.398 e. The van der Waals surface area contributed by atoms with Gasteiger partial charge in [0.15, 0.2) is 0 Å². The van der Waals surface area contributed by atoms with E-state index in [-0.39, 0.29) is 5.91 Å². The third-order valence-electron chi connectivity index (χ3n) is 2.88. The molecule has 0 aliphatic rings. The van der Waals surface area contributed by atoms with E-state index >= 15 is 0 Å². The number of hydrogen-bond donors (Lipinski definition) is 1. The Morgan fingerprint density at radius 3 is 2.71 bits per heavy atom. The van der Waals surface area contributed by atoms with E-state index in [1.807, 2.05) is 26.1 Å². The lowest BCUT2D eigenvalue weighted by molar-refractivity contribution is 0.0793. The first kappa shape index (κ1) is 13.6. The van der Waals surface area contributed by atoms with Crippen molar-refractivity contribution in [2.45, 2.75) is 33.1 Å². The van der Waals surface area contributed by atoms with Crippen LogP contribution in [-0.4, -0.2) is 24.4 Å². The molecule has 1 aromatic carbocycles. The molecule has 0 heterocycles. The number of nitrogens with two attached hydrogens (primary N) is 1. The van der Waals surface area contributed by atoms with Crippen molar-refractivity contribution in [3.05, 3.63) is 29.3 Å². The lowest BCUT2D eigenvalue weighted by atomic mass is 10.1. The van der Waals surface area contributed by atoms with Crippen molar-refractivity contribution in [1.82, 2.24) is 4.90 Å². The van der Waals surface area contributed by atoms with E-state index in [1.165, 1.54) is 0 Å². The quantitative estimate of drug-likeness (QED) is 0.629. The van der Waals surface area contributed by atoms with Crippen molar-refractivity contribution in [3.63, 3.8) is 0 Å². The van der Waals surface area contributed by atoms with E-state index in [0.717, 1.165) is 31.4 Å². The van der Waals surface area contributed by atoms with Crippen LogP contribution in [0.3, 0.4) is 0 Å².